The van der Waals surface area contributed by atoms with Crippen LogP contribution in [0.4, 0.5) is 0 Å². The first-order chi connectivity index (χ1) is 11.1. The van der Waals surface area contributed by atoms with Crippen molar-refractivity contribution in [3.8, 4) is 5.75 Å². The number of hydrogen-bond donors (Lipinski definition) is 0. The first kappa shape index (κ1) is 16.8. The van der Waals surface area contributed by atoms with E-state index in [2.05, 4.69) is 18.2 Å². The lowest BCUT2D eigenvalue weighted by molar-refractivity contribution is 0.0343. The second-order valence-electron chi connectivity index (χ2n) is 5.55. The fourth-order valence-corrected chi connectivity index (χ4v) is 2.37. The van der Waals surface area contributed by atoms with E-state index in [0.29, 0.717) is 12.0 Å². The Hall–Kier alpha value is -2.55. The lowest BCUT2D eigenvalue weighted by Crippen LogP contribution is -2.15. The van der Waals surface area contributed by atoms with Crippen molar-refractivity contribution in [3.05, 3.63) is 71.3 Å². The lowest BCUT2D eigenvalue weighted by atomic mass is 10.1. The molecule has 0 spiro atoms. The van der Waals surface area contributed by atoms with Crippen LogP contribution in [0.3, 0.4) is 0 Å². The molecule has 0 aliphatic rings. The molecule has 0 fully saturated rings. The first-order valence-electron chi connectivity index (χ1n) is 7.65. The van der Waals surface area contributed by atoms with Crippen LogP contribution in [-0.2, 0) is 4.74 Å². The van der Waals surface area contributed by atoms with E-state index in [4.69, 9.17) is 9.47 Å². The van der Waals surface area contributed by atoms with Crippen molar-refractivity contribution in [2.75, 3.05) is 7.11 Å². The van der Waals surface area contributed by atoms with Crippen molar-refractivity contribution in [2.45, 2.75) is 26.4 Å². The van der Waals surface area contributed by atoms with Crippen LogP contribution in [-0.4, -0.2) is 19.2 Å². The molecule has 23 heavy (non-hydrogen) atoms. The Kier molecular flexibility index (Phi) is 5.98. The maximum atomic E-state index is 12.1. The quantitative estimate of drug-likeness (QED) is 0.723. The maximum absolute atomic E-state index is 12.1. The summed E-state index contributed by atoms with van der Waals surface area (Å²) < 4.78 is 10.6. The standard InChI is InChI=1S/C20H22O3/c1-15(14-17-7-5-4-6-8-17)13-16(2)23-20(21)18-9-11-19(22-3)12-10-18/h4-12,14,16H,13H2,1-3H3. The minimum atomic E-state index is -0.312. The summed E-state index contributed by atoms with van der Waals surface area (Å²) in [5.74, 6) is 0.406. The Labute approximate surface area is 137 Å². The van der Waals surface area contributed by atoms with Crippen LogP contribution >= 0.6 is 0 Å². The SMILES string of the molecule is COc1ccc(C(=O)OC(C)CC(C)=Cc2ccccc2)cc1. The molecule has 0 aliphatic carbocycles. The fraction of sp³-hybridized carbons (Fsp3) is 0.250. The number of hydrogen-bond acceptors (Lipinski definition) is 3. The number of methoxy groups -OCH3 is 1. The zero-order valence-corrected chi connectivity index (χ0v) is 13.8. The Morgan fingerprint density at radius 3 is 2.35 bits per heavy atom. The van der Waals surface area contributed by atoms with Gasteiger partial charge in [-0.1, -0.05) is 42.0 Å². The van der Waals surface area contributed by atoms with E-state index < -0.39 is 0 Å². The molecule has 120 valence electrons. The zero-order chi connectivity index (χ0) is 16.7. The molecule has 0 saturated carbocycles. The van der Waals surface area contributed by atoms with Gasteiger partial charge in [-0.2, -0.15) is 0 Å². The summed E-state index contributed by atoms with van der Waals surface area (Å²) >= 11 is 0. The Morgan fingerprint density at radius 2 is 1.74 bits per heavy atom. The number of carbonyl (C=O) groups is 1. The average Bonchev–Trinajstić information content (AvgIpc) is 2.55. The largest absolute Gasteiger partial charge is 0.497 e. The topological polar surface area (TPSA) is 35.5 Å². The number of benzene rings is 2. The van der Waals surface area contributed by atoms with E-state index in [1.165, 1.54) is 5.57 Å². The molecule has 0 radical (unpaired) electrons. The van der Waals surface area contributed by atoms with Crippen LogP contribution in [0.1, 0.15) is 36.2 Å². The molecule has 0 N–H and O–H groups in total. The summed E-state index contributed by atoms with van der Waals surface area (Å²) in [6.45, 7) is 3.95. The van der Waals surface area contributed by atoms with Crippen molar-refractivity contribution in [3.63, 3.8) is 0 Å². The molecule has 0 aliphatic heterocycles. The summed E-state index contributed by atoms with van der Waals surface area (Å²) in [6.07, 6.45) is 2.64. The van der Waals surface area contributed by atoms with E-state index in [0.717, 1.165) is 11.3 Å². The molecule has 0 amide bonds. The highest BCUT2D eigenvalue weighted by molar-refractivity contribution is 5.89. The van der Waals surface area contributed by atoms with Crippen molar-refractivity contribution in [1.82, 2.24) is 0 Å². The van der Waals surface area contributed by atoms with Crippen LogP contribution in [0.15, 0.2) is 60.2 Å². The van der Waals surface area contributed by atoms with Crippen molar-refractivity contribution < 1.29 is 14.3 Å². The minimum Gasteiger partial charge on any atom is -0.497 e. The molecule has 0 heterocycles. The zero-order valence-electron chi connectivity index (χ0n) is 13.8. The highest BCUT2D eigenvalue weighted by atomic mass is 16.5. The molecule has 0 saturated heterocycles. The monoisotopic (exact) mass is 310 g/mol. The molecule has 0 aromatic heterocycles. The van der Waals surface area contributed by atoms with Crippen LogP contribution in [0.5, 0.6) is 5.75 Å². The van der Waals surface area contributed by atoms with Gasteiger partial charge in [0.1, 0.15) is 11.9 Å². The molecule has 1 unspecified atom stereocenters. The lowest BCUT2D eigenvalue weighted by Gasteiger charge is -2.14. The number of carbonyl (C=O) groups excluding carboxylic acids is 1. The van der Waals surface area contributed by atoms with Gasteiger partial charge in [0.2, 0.25) is 0 Å². The summed E-state index contributed by atoms with van der Waals surface area (Å²) in [4.78, 5) is 12.1. The van der Waals surface area contributed by atoms with Gasteiger partial charge in [0.15, 0.2) is 0 Å². The maximum Gasteiger partial charge on any atom is 0.338 e. The van der Waals surface area contributed by atoms with Gasteiger partial charge in [0.05, 0.1) is 12.7 Å². The normalized spacial score (nSPS) is 12.6. The van der Waals surface area contributed by atoms with E-state index >= 15 is 0 Å². The average molecular weight is 310 g/mol. The van der Waals surface area contributed by atoms with Gasteiger partial charge in [-0.05, 0) is 43.7 Å². The van der Waals surface area contributed by atoms with Gasteiger partial charge >= 0.3 is 5.97 Å². The molecular formula is C20H22O3. The molecule has 3 nitrogen and oxygen atoms in total. The molecule has 2 aromatic carbocycles. The number of ether oxygens (including phenoxy) is 2. The Balaban J connectivity index is 1.91. The molecular weight excluding hydrogens is 288 g/mol. The smallest absolute Gasteiger partial charge is 0.338 e. The van der Waals surface area contributed by atoms with Gasteiger partial charge < -0.3 is 9.47 Å². The minimum absolute atomic E-state index is 0.176. The third-order valence-electron chi connectivity index (χ3n) is 3.46. The van der Waals surface area contributed by atoms with Crippen LogP contribution in [0.2, 0.25) is 0 Å². The van der Waals surface area contributed by atoms with Crippen LogP contribution in [0, 0.1) is 0 Å². The second-order valence-corrected chi connectivity index (χ2v) is 5.55. The highest BCUT2D eigenvalue weighted by Crippen LogP contribution is 2.16. The molecule has 0 bridgehead atoms. The molecule has 2 aromatic rings. The summed E-state index contributed by atoms with van der Waals surface area (Å²) in [5, 5.41) is 0. The summed E-state index contributed by atoms with van der Waals surface area (Å²) in [6, 6.07) is 17.0. The van der Waals surface area contributed by atoms with Gasteiger partial charge in [0, 0.05) is 6.42 Å². The van der Waals surface area contributed by atoms with Gasteiger partial charge in [-0.15, -0.1) is 0 Å². The fourth-order valence-electron chi connectivity index (χ4n) is 2.37. The third-order valence-corrected chi connectivity index (χ3v) is 3.46. The van der Waals surface area contributed by atoms with E-state index in [1.54, 1.807) is 31.4 Å². The van der Waals surface area contributed by atoms with Gasteiger partial charge in [-0.3, -0.25) is 0 Å². The van der Waals surface area contributed by atoms with Crippen LogP contribution in [0.25, 0.3) is 6.08 Å². The first-order valence-corrected chi connectivity index (χ1v) is 7.65. The van der Waals surface area contributed by atoms with Crippen LogP contribution < -0.4 is 4.74 Å². The number of rotatable bonds is 6. The Morgan fingerprint density at radius 1 is 1.09 bits per heavy atom. The predicted molar refractivity (Wildman–Crippen MR) is 92.6 cm³/mol. The third kappa shape index (κ3) is 5.29. The van der Waals surface area contributed by atoms with Crippen molar-refractivity contribution >= 4 is 12.0 Å². The predicted octanol–water partition coefficient (Wildman–Crippen LogP) is 4.73. The van der Waals surface area contributed by atoms with Crippen molar-refractivity contribution in [2.24, 2.45) is 0 Å². The summed E-state index contributed by atoms with van der Waals surface area (Å²) in [7, 11) is 1.59. The van der Waals surface area contributed by atoms with E-state index in [9.17, 15) is 4.79 Å². The number of esters is 1. The molecule has 2 rings (SSSR count). The van der Waals surface area contributed by atoms with E-state index in [-0.39, 0.29) is 12.1 Å². The summed E-state index contributed by atoms with van der Waals surface area (Å²) in [5.41, 5.74) is 2.85. The second kappa shape index (κ2) is 8.18. The molecule has 1 atom stereocenters. The molecule has 3 heteroatoms. The van der Waals surface area contributed by atoms with Gasteiger partial charge in [-0.25, -0.2) is 4.79 Å². The van der Waals surface area contributed by atoms with Crippen molar-refractivity contribution in [1.29, 1.82) is 0 Å². The van der Waals surface area contributed by atoms with Gasteiger partial charge in [0.25, 0.3) is 0 Å². The highest BCUT2D eigenvalue weighted by Gasteiger charge is 2.12. The van der Waals surface area contributed by atoms with E-state index in [1.807, 2.05) is 32.0 Å². The Bertz CT molecular complexity index is 657.